The number of allylic oxidation sites excluding steroid dienone is 1. The van der Waals surface area contributed by atoms with Crippen LogP contribution in [0.25, 0.3) is 0 Å². The van der Waals surface area contributed by atoms with Gasteiger partial charge >= 0.3 is 0 Å². The summed E-state index contributed by atoms with van der Waals surface area (Å²) in [6.45, 7) is 4.83. The summed E-state index contributed by atoms with van der Waals surface area (Å²) in [5.41, 5.74) is 1.18. The largest absolute Gasteiger partial charge is 0.486 e. The molecule has 0 saturated heterocycles. The van der Waals surface area contributed by atoms with Crippen LogP contribution in [-0.4, -0.2) is 14.8 Å². The number of hydrogen-bond acceptors (Lipinski definition) is 4. The zero-order valence-electron chi connectivity index (χ0n) is 13.6. The summed E-state index contributed by atoms with van der Waals surface area (Å²) in [6.07, 6.45) is 1.84. The Morgan fingerprint density at radius 3 is 2.56 bits per heavy atom. The van der Waals surface area contributed by atoms with Crippen molar-refractivity contribution < 1.29 is 4.74 Å². The third kappa shape index (κ3) is 4.87. The summed E-state index contributed by atoms with van der Waals surface area (Å²) in [7, 11) is 0. The van der Waals surface area contributed by atoms with Gasteiger partial charge in [-0.1, -0.05) is 59.8 Å². The molecule has 0 aliphatic rings. The second-order valence-corrected chi connectivity index (χ2v) is 6.69. The molecule has 1 aromatic heterocycles. The van der Waals surface area contributed by atoms with Gasteiger partial charge in [0.2, 0.25) is 0 Å². The molecule has 3 aromatic rings. The Morgan fingerprint density at radius 1 is 1.08 bits per heavy atom. The Bertz CT molecular complexity index is 818. The zero-order valence-corrected chi connectivity index (χ0v) is 15.2. The highest BCUT2D eigenvalue weighted by atomic mass is 35.5. The van der Waals surface area contributed by atoms with E-state index in [-0.39, 0.29) is 0 Å². The minimum absolute atomic E-state index is 0.367. The number of para-hydroxylation sites is 1. The summed E-state index contributed by atoms with van der Waals surface area (Å²) in [5.74, 6) is 2.39. The van der Waals surface area contributed by atoms with Crippen molar-refractivity contribution in [3.63, 3.8) is 0 Å². The third-order valence-corrected chi connectivity index (χ3v) is 4.79. The molecule has 0 aliphatic carbocycles. The molecule has 0 spiro atoms. The fourth-order valence-corrected chi connectivity index (χ4v) is 3.29. The van der Waals surface area contributed by atoms with Gasteiger partial charge in [0.15, 0.2) is 11.0 Å². The van der Waals surface area contributed by atoms with Gasteiger partial charge in [-0.05, 0) is 29.8 Å². The maximum Gasteiger partial charge on any atom is 0.191 e. The first-order chi connectivity index (χ1) is 12.3. The average Bonchev–Trinajstić information content (AvgIpc) is 3.03. The third-order valence-electron chi connectivity index (χ3n) is 3.50. The maximum atomic E-state index is 5.93. The Hall–Kier alpha value is -2.24. The van der Waals surface area contributed by atoms with Gasteiger partial charge in [-0.15, -0.1) is 16.8 Å². The van der Waals surface area contributed by atoms with Crippen LogP contribution in [0, 0.1) is 0 Å². The average molecular weight is 372 g/mol. The van der Waals surface area contributed by atoms with Crippen LogP contribution >= 0.6 is 23.4 Å². The van der Waals surface area contributed by atoms with Crippen molar-refractivity contribution in [1.82, 2.24) is 14.8 Å². The Labute approximate surface area is 156 Å². The highest BCUT2D eigenvalue weighted by Gasteiger charge is 2.12. The van der Waals surface area contributed by atoms with Crippen molar-refractivity contribution in [2.75, 3.05) is 0 Å². The van der Waals surface area contributed by atoms with Gasteiger partial charge in [-0.3, -0.25) is 4.57 Å². The lowest BCUT2D eigenvalue weighted by molar-refractivity contribution is 0.289. The van der Waals surface area contributed by atoms with E-state index in [1.54, 1.807) is 11.8 Å². The highest BCUT2D eigenvalue weighted by Crippen LogP contribution is 2.23. The van der Waals surface area contributed by atoms with Gasteiger partial charge < -0.3 is 4.74 Å². The van der Waals surface area contributed by atoms with Crippen LogP contribution in [0.5, 0.6) is 5.75 Å². The van der Waals surface area contributed by atoms with Crippen LogP contribution in [0.2, 0.25) is 5.02 Å². The molecule has 25 heavy (non-hydrogen) atoms. The van der Waals surface area contributed by atoms with Crippen LogP contribution in [0.3, 0.4) is 0 Å². The first kappa shape index (κ1) is 17.6. The number of rotatable bonds is 8. The molecule has 0 bridgehead atoms. The molecule has 128 valence electrons. The molecule has 0 unspecified atom stereocenters. The predicted octanol–water partition coefficient (Wildman–Crippen LogP) is 4.99. The molecule has 3 rings (SSSR count). The molecule has 0 fully saturated rings. The Morgan fingerprint density at radius 2 is 1.84 bits per heavy atom. The molecule has 2 aromatic carbocycles. The van der Waals surface area contributed by atoms with E-state index in [0.29, 0.717) is 13.2 Å². The first-order valence-electron chi connectivity index (χ1n) is 7.84. The van der Waals surface area contributed by atoms with Crippen LogP contribution < -0.4 is 4.74 Å². The van der Waals surface area contributed by atoms with Crippen molar-refractivity contribution in [3.05, 3.63) is 83.7 Å². The van der Waals surface area contributed by atoms with E-state index >= 15 is 0 Å². The minimum atomic E-state index is 0.367. The zero-order chi connectivity index (χ0) is 17.5. The van der Waals surface area contributed by atoms with Crippen LogP contribution in [0.1, 0.15) is 11.4 Å². The molecule has 0 amide bonds. The lowest BCUT2D eigenvalue weighted by Crippen LogP contribution is -2.07. The lowest BCUT2D eigenvalue weighted by atomic mass is 10.2. The quantitative estimate of drug-likeness (QED) is 0.413. The monoisotopic (exact) mass is 371 g/mol. The molecular weight excluding hydrogens is 354 g/mol. The molecular formula is C19H18ClN3OS. The number of ether oxygens (including phenoxy) is 1. The summed E-state index contributed by atoms with van der Waals surface area (Å²) in [4.78, 5) is 0. The smallest absolute Gasteiger partial charge is 0.191 e. The van der Waals surface area contributed by atoms with Gasteiger partial charge in [-0.2, -0.15) is 0 Å². The van der Waals surface area contributed by atoms with E-state index in [1.807, 2.05) is 65.2 Å². The van der Waals surface area contributed by atoms with Gasteiger partial charge in [0.05, 0.1) is 0 Å². The Kier molecular flexibility index (Phi) is 6.14. The number of benzene rings is 2. The molecule has 1 heterocycles. The van der Waals surface area contributed by atoms with Crippen molar-refractivity contribution >= 4 is 23.4 Å². The summed E-state index contributed by atoms with van der Waals surface area (Å²) in [6, 6.07) is 17.5. The second-order valence-electron chi connectivity index (χ2n) is 5.31. The van der Waals surface area contributed by atoms with E-state index in [2.05, 4.69) is 16.8 Å². The fourth-order valence-electron chi connectivity index (χ4n) is 2.24. The van der Waals surface area contributed by atoms with Gasteiger partial charge in [0, 0.05) is 17.3 Å². The van der Waals surface area contributed by atoms with Gasteiger partial charge in [-0.25, -0.2) is 0 Å². The molecule has 0 saturated carbocycles. The summed E-state index contributed by atoms with van der Waals surface area (Å²) < 4.78 is 7.81. The summed E-state index contributed by atoms with van der Waals surface area (Å²) >= 11 is 7.56. The molecule has 0 atom stereocenters. The molecule has 4 nitrogen and oxygen atoms in total. The molecule has 0 N–H and O–H groups in total. The maximum absolute atomic E-state index is 5.93. The van der Waals surface area contributed by atoms with E-state index in [0.717, 1.165) is 27.5 Å². The second kappa shape index (κ2) is 8.74. The number of nitrogens with zero attached hydrogens (tertiary/aromatic N) is 3. The molecule has 0 aliphatic heterocycles. The first-order valence-corrected chi connectivity index (χ1v) is 9.20. The van der Waals surface area contributed by atoms with E-state index in [1.165, 1.54) is 5.56 Å². The Balaban J connectivity index is 1.68. The van der Waals surface area contributed by atoms with Crippen molar-refractivity contribution in [3.8, 4) is 5.75 Å². The predicted molar refractivity (Wildman–Crippen MR) is 102 cm³/mol. The van der Waals surface area contributed by atoms with E-state index in [9.17, 15) is 0 Å². The number of hydrogen-bond donors (Lipinski definition) is 0. The SMILES string of the molecule is C=CCn1c(COc2ccccc2)nnc1SCc1ccc(Cl)cc1. The molecule has 0 radical (unpaired) electrons. The van der Waals surface area contributed by atoms with Crippen LogP contribution in [0.4, 0.5) is 0 Å². The number of halogens is 1. The van der Waals surface area contributed by atoms with Crippen molar-refractivity contribution in [1.29, 1.82) is 0 Å². The number of thioether (sulfide) groups is 1. The van der Waals surface area contributed by atoms with Crippen LogP contribution in [0.15, 0.2) is 72.4 Å². The van der Waals surface area contributed by atoms with E-state index < -0.39 is 0 Å². The summed E-state index contributed by atoms with van der Waals surface area (Å²) in [5, 5.41) is 10.2. The lowest BCUT2D eigenvalue weighted by Gasteiger charge is -2.09. The normalized spacial score (nSPS) is 10.6. The highest BCUT2D eigenvalue weighted by molar-refractivity contribution is 7.98. The van der Waals surface area contributed by atoms with Gasteiger partial charge in [0.25, 0.3) is 0 Å². The van der Waals surface area contributed by atoms with Crippen molar-refractivity contribution in [2.45, 2.75) is 24.1 Å². The van der Waals surface area contributed by atoms with E-state index in [4.69, 9.17) is 16.3 Å². The minimum Gasteiger partial charge on any atom is -0.486 e. The fraction of sp³-hybridized carbons (Fsp3) is 0.158. The van der Waals surface area contributed by atoms with Crippen LogP contribution in [-0.2, 0) is 18.9 Å². The topological polar surface area (TPSA) is 39.9 Å². The molecule has 6 heteroatoms. The van der Waals surface area contributed by atoms with Crippen molar-refractivity contribution in [2.24, 2.45) is 0 Å². The standard InChI is InChI=1S/C19H18ClN3OS/c1-2-12-23-18(13-24-17-6-4-3-5-7-17)21-22-19(23)25-14-15-8-10-16(20)11-9-15/h2-11H,1,12-14H2. The number of aromatic nitrogens is 3. The van der Waals surface area contributed by atoms with Gasteiger partial charge in [0.1, 0.15) is 12.4 Å².